The number of rotatable bonds is 7. The Balaban J connectivity index is 0.00000338. The van der Waals surface area contributed by atoms with Crippen molar-refractivity contribution in [2.75, 3.05) is 52.4 Å². The van der Waals surface area contributed by atoms with Crippen molar-refractivity contribution >= 4 is 36.0 Å². The third-order valence-corrected chi connectivity index (χ3v) is 4.74. The number of aliphatic imine (C=N–C) groups is 1. The van der Waals surface area contributed by atoms with E-state index in [-0.39, 0.29) is 30.1 Å². The average molecular weight is 481 g/mol. The zero-order valence-corrected chi connectivity index (χ0v) is 19.1. The first-order valence-electron chi connectivity index (χ1n) is 9.77. The van der Waals surface area contributed by atoms with Crippen LogP contribution in [0.1, 0.15) is 40.5 Å². The molecule has 7 nitrogen and oxygen atoms in total. The molecule has 0 aromatic carbocycles. The Bertz CT molecular complexity index is 447. The summed E-state index contributed by atoms with van der Waals surface area (Å²) in [7, 11) is 0. The van der Waals surface area contributed by atoms with Gasteiger partial charge in [0.25, 0.3) is 0 Å². The maximum absolute atomic E-state index is 11.8. The predicted octanol–water partition coefficient (Wildman–Crippen LogP) is 2.22. The topological polar surface area (TPSA) is 60.4 Å². The van der Waals surface area contributed by atoms with Gasteiger partial charge in [-0.05, 0) is 40.5 Å². The molecule has 0 radical (unpaired) electrons. The highest BCUT2D eigenvalue weighted by molar-refractivity contribution is 14.0. The lowest BCUT2D eigenvalue weighted by Crippen LogP contribution is -2.54. The summed E-state index contributed by atoms with van der Waals surface area (Å²) in [6.07, 6.45) is 2.45. The van der Waals surface area contributed by atoms with Crippen LogP contribution in [0.25, 0.3) is 0 Å². The van der Waals surface area contributed by atoms with Gasteiger partial charge in [0.05, 0.1) is 13.2 Å². The normalized spacial score (nSPS) is 18.2. The number of hydrogen-bond acceptors (Lipinski definition) is 4. The molecule has 0 aromatic rings. The molecule has 1 N–H and O–H groups in total. The fourth-order valence-corrected chi connectivity index (χ4v) is 3.28. The zero-order valence-electron chi connectivity index (χ0n) is 16.7. The molecule has 0 spiro atoms. The number of ether oxygens (including phenoxy) is 1. The summed E-state index contributed by atoms with van der Waals surface area (Å²) in [4.78, 5) is 23.2. The van der Waals surface area contributed by atoms with E-state index in [9.17, 15) is 4.79 Å². The summed E-state index contributed by atoms with van der Waals surface area (Å²) >= 11 is 0. The predicted molar refractivity (Wildman–Crippen MR) is 116 cm³/mol. The Labute approximate surface area is 175 Å². The monoisotopic (exact) mass is 481 g/mol. The standard InChI is InChI=1S/C18H35N5O2.HI/c1-5-19-17(20-9-10-23(15(3)4)16-7-8-16)21-11-13-22(14-12-21)18(24)25-6-2;/h15-16H,5-14H2,1-4H3,(H,19,20);1H. The third-order valence-electron chi connectivity index (χ3n) is 4.74. The first-order chi connectivity index (χ1) is 12.1. The lowest BCUT2D eigenvalue weighted by molar-refractivity contribution is 0.0914. The summed E-state index contributed by atoms with van der Waals surface area (Å²) in [5, 5.41) is 3.39. The highest BCUT2D eigenvalue weighted by atomic mass is 127. The largest absolute Gasteiger partial charge is 0.450 e. The smallest absolute Gasteiger partial charge is 0.409 e. The summed E-state index contributed by atoms with van der Waals surface area (Å²) in [6, 6.07) is 1.35. The molecule has 1 amide bonds. The summed E-state index contributed by atoms with van der Waals surface area (Å²) < 4.78 is 5.08. The van der Waals surface area contributed by atoms with Crippen molar-refractivity contribution < 1.29 is 9.53 Å². The molecule has 0 bridgehead atoms. The van der Waals surface area contributed by atoms with Gasteiger partial charge in [-0.25, -0.2) is 4.79 Å². The summed E-state index contributed by atoms with van der Waals surface area (Å²) in [6.45, 7) is 14.5. The van der Waals surface area contributed by atoms with E-state index in [1.165, 1.54) is 12.8 Å². The van der Waals surface area contributed by atoms with E-state index in [0.29, 0.717) is 25.7 Å². The molecule has 2 rings (SSSR count). The zero-order chi connectivity index (χ0) is 18.2. The quantitative estimate of drug-likeness (QED) is 0.344. The Hall–Kier alpha value is -0.770. The van der Waals surface area contributed by atoms with Gasteiger partial charge in [0, 0.05) is 51.4 Å². The highest BCUT2D eigenvalue weighted by Gasteiger charge is 2.30. The fourth-order valence-electron chi connectivity index (χ4n) is 3.28. The van der Waals surface area contributed by atoms with Crippen LogP contribution in [-0.2, 0) is 4.74 Å². The van der Waals surface area contributed by atoms with Crippen molar-refractivity contribution in [1.82, 2.24) is 20.0 Å². The van der Waals surface area contributed by atoms with Crippen molar-refractivity contribution in [1.29, 1.82) is 0 Å². The van der Waals surface area contributed by atoms with Gasteiger partial charge in [-0.1, -0.05) is 0 Å². The second-order valence-corrected chi connectivity index (χ2v) is 6.97. The Kier molecular flexibility index (Phi) is 10.6. The van der Waals surface area contributed by atoms with E-state index < -0.39 is 0 Å². The minimum absolute atomic E-state index is 0. The molecule has 1 aliphatic carbocycles. The van der Waals surface area contributed by atoms with Crippen LogP contribution in [0.15, 0.2) is 4.99 Å². The molecular weight excluding hydrogens is 445 g/mol. The molecule has 26 heavy (non-hydrogen) atoms. The molecule has 1 aliphatic heterocycles. The summed E-state index contributed by atoms with van der Waals surface area (Å²) in [5.74, 6) is 0.963. The number of halogens is 1. The van der Waals surface area contributed by atoms with E-state index >= 15 is 0 Å². The number of hydrogen-bond donors (Lipinski definition) is 1. The number of piperazine rings is 1. The van der Waals surface area contributed by atoms with Crippen LogP contribution in [0, 0.1) is 0 Å². The Morgan fingerprint density at radius 1 is 1.19 bits per heavy atom. The van der Waals surface area contributed by atoms with Gasteiger partial charge < -0.3 is 19.9 Å². The Morgan fingerprint density at radius 3 is 2.31 bits per heavy atom. The van der Waals surface area contributed by atoms with Crippen molar-refractivity contribution in [2.45, 2.75) is 52.6 Å². The van der Waals surface area contributed by atoms with Crippen LogP contribution in [-0.4, -0.2) is 91.3 Å². The molecule has 0 atom stereocenters. The van der Waals surface area contributed by atoms with Crippen molar-refractivity contribution in [3.63, 3.8) is 0 Å². The minimum Gasteiger partial charge on any atom is -0.450 e. The van der Waals surface area contributed by atoms with Crippen molar-refractivity contribution in [2.24, 2.45) is 4.99 Å². The number of carbonyl (C=O) groups is 1. The molecule has 2 fully saturated rings. The molecule has 1 heterocycles. The van der Waals surface area contributed by atoms with Crippen LogP contribution in [0.4, 0.5) is 4.79 Å². The average Bonchev–Trinajstić information content (AvgIpc) is 3.42. The van der Waals surface area contributed by atoms with Crippen LogP contribution < -0.4 is 5.32 Å². The van der Waals surface area contributed by atoms with Crippen LogP contribution in [0.2, 0.25) is 0 Å². The first-order valence-corrected chi connectivity index (χ1v) is 9.77. The number of guanidine groups is 1. The third kappa shape index (κ3) is 7.09. The molecular formula is C18H36IN5O2. The SMILES string of the molecule is CCNC(=NCCN(C(C)C)C1CC1)N1CCN(C(=O)OCC)CC1.I. The van der Waals surface area contributed by atoms with Gasteiger partial charge >= 0.3 is 6.09 Å². The molecule has 1 saturated carbocycles. The van der Waals surface area contributed by atoms with Gasteiger partial charge in [-0.15, -0.1) is 24.0 Å². The van der Waals surface area contributed by atoms with Gasteiger partial charge in [0.2, 0.25) is 0 Å². The van der Waals surface area contributed by atoms with E-state index in [1.54, 1.807) is 4.90 Å². The number of carbonyl (C=O) groups excluding carboxylic acids is 1. The maximum Gasteiger partial charge on any atom is 0.409 e. The van der Waals surface area contributed by atoms with E-state index in [2.05, 4.69) is 35.9 Å². The molecule has 0 unspecified atom stereocenters. The molecule has 152 valence electrons. The van der Waals surface area contributed by atoms with Crippen molar-refractivity contribution in [3.8, 4) is 0 Å². The first kappa shape index (κ1) is 23.3. The van der Waals surface area contributed by atoms with E-state index in [0.717, 1.165) is 44.7 Å². The molecule has 8 heteroatoms. The second-order valence-electron chi connectivity index (χ2n) is 6.97. The Morgan fingerprint density at radius 2 is 1.81 bits per heavy atom. The fraction of sp³-hybridized carbons (Fsp3) is 0.889. The number of nitrogens with zero attached hydrogens (tertiary/aromatic N) is 4. The molecule has 0 aromatic heterocycles. The van der Waals surface area contributed by atoms with E-state index in [1.807, 2.05) is 6.92 Å². The lowest BCUT2D eigenvalue weighted by Gasteiger charge is -2.36. The van der Waals surface area contributed by atoms with Crippen LogP contribution in [0.3, 0.4) is 0 Å². The van der Waals surface area contributed by atoms with Crippen LogP contribution in [0.5, 0.6) is 0 Å². The van der Waals surface area contributed by atoms with E-state index in [4.69, 9.17) is 9.73 Å². The van der Waals surface area contributed by atoms with Gasteiger partial charge in [0.1, 0.15) is 0 Å². The maximum atomic E-state index is 11.8. The molecule has 1 saturated heterocycles. The van der Waals surface area contributed by atoms with Crippen LogP contribution >= 0.6 is 24.0 Å². The number of amides is 1. The van der Waals surface area contributed by atoms with Gasteiger partial charge in [-0.3, -0.25) is 9.89 Å². The van der Waals surface area contributed by atoms with Gasteiger partial charge in [-0.2, -0.15) is 0 Å². The lowest BCUT2D eigenvalue weighted by atomic mass is 10.3. The second kappa shape index (κ2) is 11.8. The van der Waals surface area contributed by atoms with Gasteiger partial charge in [0.15, 0.2) is 5.96 Å². The highest BCUT2D eigenvalue weighted by Crippen LogP contribution is 2.28. The minimum atomic E-state index is -0.207. The number of nitrogens with one attached hydrogen (secondary N) is 1. The summed E-state index contributed by atoms with van der Waals surface area (Å²) in [5.41, 5.74) is 0. The molecule has 2 aliphatic rings. The van der Waals surface area contributed by atoms with Crippen molar-refractivity contribution in [3.05, 3.63) is 0 Å².